The minimum atomic E-state index is 0.569. The van der Waals surface area contributed by atoms with E-state index in [1.54, 1.807) is 11.3 Å². The maximum atomic E-state index is 4.98. The molecule has 8 heteroatoms. The Bertz CT molecular complexity index is 1470. The van der Waals surface area contributed by atoms with E-state index in [1.165, 1.54) is 11.1 Å². The number of hydrogen-bond donors (Lipinski definition) is 0. The van der Waals surface area contributed by atoms with Gasteiger partial charge in [0.15, 0.2) is 0 Å². The van der Waals surface area contributed by atoms with Gasteiger partial charge in [-0.3, -0.25) is 4.90 Å². The second-order valence-electron chi connectivity index (χ2n) is 9.69. The molecule has 1 aromatic carbocycles. The first kappa shape index (κ1) is 25.8. The first-order chi connectivity index (χ1) is 18.3. The normalized spacial score (nSPS) is 11.3. The van der Waals surface area contributed by atoms with Crippen molar-refractivity contribution in [2.24, 2.45) is 0 Å². The second kappa shape index (κ2) is 11.2. The minimum absolute atomic E-state index is 0.569. The van der Waals surface area contributed by atoms with Crippen molar-refractivity contribution >= 4 is 11.3 Å². The van der Waals surface area contributed by atoms with E-state index in [0.29, 0.717) is 19.6 Å². The lowest BCUT2D eigenvalue weighted by Crippen LogP contribution is -2.26. The van der Waals surface area contributed by atoms with Gasteiger partial charge in [-0.2, -0.15) is 0 Å². The summed E-state index contributed by atoms with van der Waals surface area (Å²) in [6, 6.07) is 18.6. The van der Waals surface area contributed by atoms with Crippen molar-refractivity contribution in [2.45, 2.75) is 54.3 Å². The van der Waals surface area contributed by atoms with Crippen LogP contribution in [0.15, 0.2) is 60.8 Å². The number of hydrogen-bond acceptors (Lipinski definition) is 8. The van der Waals surface area contributed by atoms with Gasteiger partial charge in [-0.1, -0.05) is 35.9 Å². The predicted octanol–water partition coefficient (Wildman–Crippen LogP) is 6.20. The van der Waals surface area contributed by atoms with Crippen LogP contribution >= 0.6 is 11.3 Å². The molecule has 0 radical (unpaired) electrons. The van der Waals surface area contributed by atoms with E-state index in [1.807, 2.05) is 58.2 Å². The van der Waals surface area contributed by atoms with Crippen LogP contribution in [0.1, 0.15) is 45.7 Å². The van der Waals surface area contributed by atoms with Crippen LogP contribution in [0.25, 0.3) is 21.1 Å². The van der Waals surface area contributed by atoms with E-state index in [-0.39, 0.29) is 0 Å². The molecule has 0 unspecified atom stereocenters. The van der Waals surface area contributed by atoms with Crippen molar-refractivity contribution in [1.82, 2.24) is 34.8 Å². The molecule has 192 valence electrons. The van der Waals surface area contributed by atoms with Gasteiger partial charge in [0.25, 0.3) is 0 Å². The van der Waals surface area contributed by atoms with Crippen molar-refractivity contribution in [3.05, 3.63) is 106 Å². The summed E-state index contributed by atoms with van der Waals surface area (Å²) in [5.41, 5.74) is 8.08. The summed E-state index contributed by atoms with van der Waals surface area (Å²) in [4.78, 5) is 31.7. The third kappa shape index (κ3) is 6.51. The van der Waals surface area contributed by atoms with E-state index in [9.17, 15) is 0 Å². The molecule has 0 saturated carbocycles. The van der Waals surface area contributed by atoms with Crippen molar-refractivity contribution < 1.29 is 0 Å². The van der Waals surface area contributed by atoms with Gasteiger partial charge in [0, 0.05) is 35.5 Å². The molecular formula is C30H31N7S. The van der Waals surface area contributed by atoms with Gasteiger partial charge in [0.05, 0.1) is 29.4 Å². The largest absolute Gasteiger partial charge is 0.283 e. The summed E-state index contributed by atoms with van der Waals surface area (Å²) < 4.78 is 0. The topological polar surface area (TPSA) is 80.6 Å². The van der Waals surface area contributed by atoms with E-state index in [0.717, 1.165) is 55.7 Å². The van der Waals surface area contributed by atoms with Gasteiger partial charge >= 0.3 is 0 Å². The number of thiazole rings is 1. The van der Waals surface area contributed by atoms with Crippen molar-refractivity contribution in [3.8, 4) is 21.1 Å². The number of aromatic nitrogens is 6. The quantitative estimate of drug-likeness (QED) is 0.241. The molecule has 7 nitrogen and oxygen atoms in total. The molecule has 4 heterocycles. The van der Waals surface area contributed by atoms with Crippen LogP contribution in [0.3, 0.4) is 0 Å². The second-order valence-corrected chi connectivity index (χ2v) is 10.7. The molecular weight excluding hydrogens is 490 g/mol. The molecule has 5 rings (SSSR count). The zero-order valence-electron chi connectivity index (χ0n) is 22.4. The van der Waals surface area contributed by atoms with Crippen LogP contribution < -0.4 is 0 Å². The van der Waals surface area contributed by atoms with Crippen LogP contribution in [-0.4, -0.2) is 34.8 Å². The summed E-state index contributed by atoms with van der Waals surface area (Å²) in [7, 11) is 0. The highest BCUT2D eigenvalue weighted by molar-refractivity contribution is 7.18. The molecule has 38 heavy (non-hydrogen) atoms. The first-order valence-corrected chi connectivity index (χ1v) is 13.5. The molecule has 0 aliphatic rings. The molecule has 0 spiro atoms. The monoisotopic (exact) mass is 521 g/mol. The summed E-state index contributed by atoms with van der Waals surface area (Å²) >= 11 is 1.66. The molecule has 0 bridgehead atoms. The fourth-order valence-corrected chi connectivity index (χ4v) is 5.36. The Morgan fingerprint density at radius 2 is 1.24 bits per heavy atom. The highest BCUT2D eigenvalue weighted by Gasteiger charge is 2.15. The van der Waals surface area contributed by atoms with Gasteiger partial charge in [0.1, 0.15) is 16.7 Å². The lowest BCUT2D eigenvalue weighted by Gasteiger charge is -2.21. The average molecular weight is 522 g/mol. The smallest absolute Gasteiger partial charge is 0.142 e. The Morgan fingerprint density at radius 3 is 1.82 bits per heavy atom. The molecule has 4 aromatic heterocycles. The molecule has 0 aliphatic heterocycles. The van der Waals surface area contributed by atoms with Crippen LogP contribution in [0.2, 0.25) is 0 Å². The number of pyridine rings is 1. The maximum absolute atomic E-state index is 4.98. The lowest BCUT2D eigenvalue weighted by molar-refractivity contribution is 0.231. The zero-order valence-corrected chi connectivity index (χ0v) is 23.3. The van der Waals surface area contributed by atoms with Crippen molar-refractivity contribution in [1.29, 1.82) is 0 Å². The third-order valence-corrected chi connectivity index (χ3v) is 7.11. The minimum Gasteiger partial charge on any atom is -0.283 e. The van der Waals surface area contributed by atoms with E-state index >= 15 is 0 Å². The maximum Gasteiger partial charge on any atom is 0.142 e. The number of nitrogens with zero attached hydrogens (tertiary/aromatic N) is 7. The molecule has 0 fully saturated rings. The Morgan fingerprint density at radius 1 is 0.658 bits per heavy atom. The molecule has 0 amide bonds. The van der Waals surface area contributed by atoms with Gasteiger partial charge in [-0.15, -0.1) is 11.3 Å². The fourth-order valence-electron chi connectivity index (χ4n) is 4.47. The molecule has 5 aromatic rings. The molecule has 0 aliphatic carbocycles. The van der Waals surface area contributed by atoms with Crippen molar-refractivity contribution in [3.63, 3.8) is 0 Å². The van der Waals surface area contributed by atoms with Gasteiger partial charge in [-0.05, 0) is 64.4 Å². The van der Waals surface area contributed by atoms with Crippen LogP contribution in [-0.2, 0) is 19.6 Å². The van der Waals surface area contributed by atoms with Gasteiger partial charge in [0.2, 0.25) is 0 Å². The van der Waals surface area contributed by atoms with Gasteiger partial charge < -0.3 is 0 Å². The predicted molar refractivity (Wildman–Crippen MR) is 151 cm³/mol. The standard InChI is InChI=1S/C30H31N7S/c1-19-9-11-24(12-10-19)27-15-31-30(38-27)26-8-6-7-25(36-26)16-37(17-28-32-20(2)13-21(3)33-28)18-29-34-22(4)14-23(5)35-29/h6-15H,16-18H2,1-5H3. The number of rotatable bonds is 8. The first-order valence-electron chi connectivity index (χ1n) is 12.6. The summed E-state index contributed by atoms with van der Waals surface area (Å²) in [5, 5.41) is 0.907. The van der Waals surface area contributed by atoms with Crippen LogP contribution in [0.5, 0.6) is 0 Å². The third-order valence-electron chi connectivity index (χ3n) is 6.04. The van der Waals surface area contributed by atoms with E-state index in [2.05, 4.69) is 67.1 Å². The van der Waals surface area contributed by atoms with E-state index < -0.39 is 0 Å². The zero-order chi connectivity index (χ0) is 26.6. The Kier molecular flexibility index (Phi) is 7.62. The molecule has 0 N–H and O–H groups in total. The van der Waals surface area contributed by atoms with Crippen LogP contribution in [0.4, 0.5) is 0 Å². The molecule has 0 saturated heterocycles. The highest BCUT2D eigenvalue weighted by atomic mass is 32.1. The Hall–Kier alpha value is -3.88. The number of benzene rings is 1. The van der Waals surface area contributed by atoms with E-state index in [4.69, 9.17) is 4.98 Å². The SMILES string of the molecule is Cc1ccc(-c2cnc(-c3cccc(CN(Cc4nc(C)cc(C)n4)Cc4nc(C)cc(C)n4)n3)s2)cc1. The van der Waals surface area contributed by atoms with Crippen LogP contribution in [0, 0.1) is 34.6 Å². The number of aryl methyl sites for hydroxylation is 5. The average Bonchev–Trinajstić information content (AvgIpc) is 3.34. The lowest BCUT2D eigenvalue weighted by atomic mass is 10.1. The summed E-state index contributed by atoms with van der Waals surface area (Å²) in [5.74, 6) is 1.57. The van der Waals surface area contributed by atoms with Gasteiger partial charge in [-0.25, -0.2) is 29.9 Å². The Balaban J connectivity index is 1.41. The fraction of sp³-hybridized carbons (Fsp3) is 0.267. The summed E-state index contributed by atoms with van der Waals surface area (Å²) in [6.45, 7) is 11.8. The summed E-state index contributed by atoms with van der Waals surface area (Å²) in [6.07, 6.45) is 1.93. The van der Waals surface area contributed by atoms with Crippen molar-refractivity contribution in [2.75, 3.05) is 0 Å². The molecule has 0 atom stereocenters. The Labute approximate surface area is 227 Å². The highest BCUT2D eigenvalue weighted by Crippen LogP contribution is 2.31.